The molecule has 0 saturated heterocycles. The van der Waals surface area contributed by atoms with Crippen LogP contribution in [0.15, 0.2) is 18.2 Å². The van der Waals surface area contributed by atoms with Crippen molar-refractivity contribution in [1.82, 2.24) is 5.32 Å². The fraction of sp³-hybridized carbons (Fsp3) is 0.600. The van der Waals surface area contributed by atoms with Gasteiger partial charge in [-0.2, -0.15) is 0 Å². The van der Waals surface area contributed by atoms with Gasteiger partial charge in [0.05, 0.1) is 0 Å². The van der Waals surface area contributed by atoms with Crippen LogP contribution in [0.3, 0.4) is 0 Å². The fourth-order valence-electron chi connectivity index (χ4n) is 3.62. The molecule has 132 valence electrons. The molecule has 1 saturated carbocycles. The van der Waals surface area contributed by atoms with Crippen LogP contribution in [0.4, 0.5) is 5.69 Å². The van der Waals surface area contributed by atoms with Gasteiger partial charge < -0.3 is 10.2 Å². The molecule has 1 aliphatic rings. The number of carbonyl (C=O) groups is 2. The molecule has 4 heteroatoms. The smallest absolute Gasteiger partial charge is 0.223 e. The third kappa shape index (κ3) is 4.59. The first kappa shape index (κ1) is 18.5. The van der Waals surface area contributed by atoms with Crippen molar-refractivity contribution in [2.45, 2.75) is 59.3 Å². The van der Waals surface area contributed by atoms with Gasteiger partial charge in [-0.05, 0) is 37.3 Å². The quantitative estimate of drug-likeness (QED) is 0.866. The molecule has 2 rings (SSSR count). The van der Waals surface area contributed by atoms with Gasteiger partial charge in [0.25, 0.3) is 0 Å². The maximum atomic E-state index is 12.3. The summed E-state index contributed by atoms with van der Waals surface area (Å²) >= 11 is 0. The Morgan fingerprint density at radius 2 is 1.92 bits per heavy atom. The van der Waals surface area contributed by atoms with Crippen LogP contribution in [0, 0.1) is 12.8 Å². The minimum Gasteiger partial charge on any atom is -0.354 e. The van der Waals surface area contributed by atoms with E-state index in [1.807, 2.05) is 19.1 Å². The molecule has 0 unspecified atom stereocenters. The summed E-state index contributed by atoms with van der Waals surface area (Å²) in [6, 6.07) is 6.13. The van der Waals surface area contributed by atoms with Gasteiger partial charge in [-0.3, -0.25) is 9.59 Å². The van der Waals surface area contributed by atoms with Crippen molar-refractivity contribution in [3.8, 4) is 0 Å². The summed E-state index contributed by atoms with van der Waals surface area (Å²) in [5, 5.41) is 3.03. The average Bonchev–Trinajstić information content (AvgIpc) is 2.59. The van der Waals surface area contributed by atoms with Crippen molar-refractivity contribution in [1.29, 1.82) is 0 Å². The number of aryl methyl sites for hydroxylation is 2. The summed E-state index contributed by atoms with van der Waals surface area (Å²) in [5.41, 5.74) is 3.27. The standard InChI is InChI=1S/C20H30N2O2/c1-4-17-12-8-9-15(2)19(17)22(16(3)23)14-13-21-20(24)18-10-6-5-7-11-18/h8-9,12,18H,4-7,10-11,13-14H2,1-3H3,(H,21,24). The molecule has 1 aromatic carbocycles. The van der Waals surface area contributed by atoms with Crippen LogP contribution in [0.25, 0.3) is 0 Å². The van der Waals surface area contributed by atoms with Gasteiger partial charge in [0.2, 0.25) is 11.8 Å². The van der Waals surface area contributed by atoms with Gasteiger partial charge in [-0.1, -0.05) is 44.4 Å². The third-order valence-corrected chi connectivity index (χ3v) is 4.96. The molecule has 1 N–H and O–H groups in total. The summed E-state index contributed by atoms with van der Waals surface area (Å²) < 4.78 is 0. The van der Waals surface area contributed by atoms with E-state index in [4.69, 9.17) is 0 Å². The molecule has 0 atom stereocenters. The Labute approximate surface area is 145 Å². The highest BCUT2D eigenvalue weighted by atomic mass is 16.2. The van der Waals surface area contributed by atoms with Gasteiger partial charge in [-0.15, -0.1) is 0 Å². The number of anilines is 1. The largest absolute Gasteiger partial charge is 0.354 e. The van der Waals surface area contributed by atoms with Gasteiger partial charge in [-0.25, -0.2) is 0 Å². The number of carbonyl (C=O) groups excluding carboxylic acids is 2. The normalized spacial score (nSPS) is 15.1. The van der Waals surface area contributed by atoms with Gasteiger partial charge >= 0.3 is 0 Å². The van der Waals surface area contributed by atoms with E-state index in [0.717, 1.165) is 43.4 Å². The molecule has 1 aromatic rings. The number of benzene rings is 1. The molecule has 24 heavy (non-hydrogen) atoms. The number of nitrogens with zero attached hydrogens (tertiary/aromatic N) is 1. The Morgan fingerprint density at radius 1 is 1.21 bits per heavy atom. The summed E-state index contributed by atoms with van der Waals surface area (Å²) in [5.74, 6) is 0.332. The topological polar surface area (TPSA) is 49.4 Å². The van der Waals surface area contributed by atoms with E-state index < -0.39 is 0 Å². The van der Waals surface area contributed by atoms with E-state index in [1.165, 1.54) is 12.0 Å². The first-order valence-electron chi connectivity index (χ1n) is 9.19. The highest BCUT2D eigenvalue weighted by Crippen LogP contribution is 2.26. The molecule has 4 nitrogen and oxygen atoms in total. The zero-order chi connectivity index (χ0) is 17.5. The van der Waals surface area contributed by atoms with E-state index in [9.17, 15) is 9.59 Å². The van der Waals surface area contributed by atoms with Crippen LogP contribution in [0.1, 0.15) is 57.1 Å². The number of para-hydroxylation sites is 1. The molecular weight excluding hydrogens is 300 g/mol. The monoisotopic (exact) mass is 330 g/mol. The SMILES string of the molecule is CCc1cccc(C)c1N(CCNC(=O)C1CCCCC1)C(C)=O. The van der Waals surface area contributed by atoms with Crippen molar-refractivity contribution in [3.63, 3.8) is 0 Å². The highest BCUT2D eigenvalue weighted by molar-refractivity contribution is 5.93. The predicted molar refractivity (Wildman–Crippen MR) is 98.2 cm³/mol. The van der Waals surface area contributed by atoms with Crippen LogP contribution < -0.4 is 10.2 Å². The second-order valence-electron chi connectivity index (χ2n) is 6.73. The second-order valence-corrected chi connectivity index (χ2v) is 6.73. The number of nitrogens with one attached hydrogen (secondary N) is 1. The third-order valence-electron chi connectivity index (χ3n) is 4.96. The molecule has 0 bridgehead atoms. The Kier molecular flexibility index (Phi) is 6.83. The lowest BCUT2D eigenvalue weighted by Gasteiger charge is -2.27. The number of rotatable bonds is 6. The van der Waals surface area contributed by atoms with E-state index in [2.05, 4.69) is 18.3 Å². The minimum absolute atomic E-state index is 0.0194. The first-order chi connectivity index (χ1) is 11.5. The van der Waals surface area contributed by atoms with E-state index in [-0.39, 0.29) is 17.7 Å². The molecule has 0 radical (unpaired) electrons. The van der Waals surface area contributed by atoms with Crippen LogP contribution in [-0.2, 0) is 16.0 Å². The summed E-state index contributed by atoms with van der Waals surface area (Å²) in [7, 11) is 0. The van der Waals surface area contributed by atoms with Crippen molar-refractivity contribution in [2.75, 3.05) is 18.0 Å². The lowest BCUT2D eigenvalue weighted by molar-refractivity contribution is -0.126. The van der Waals surface area contributed by atoms with Gasteiger partial charge in [0.15, 0.2) is 0 Å². The van der Waals surface area contributed by atoms with Gasteiger partial charge in [0.1, 0.15) is 0 Å². The maximum absolute atomic E-state index is 12.3. The molecule has 0 aromatic heterocycles. The Hall–Kier alpha value is -1.84. The lowest BCUT2D eigenvalue weighted by atomic mass is 9.89. The summed E-state index contributed by atoms with van der Waals surface area (Å²) in [6.45, 7) is 6.75. The minimum atomic E-state index is 0.0194. The Morgan fingerprint density at radius 3 is 2.54 bits per heavy atom. The first-order valence-corrected chi connectivity index (χ1v) is 9.19. The molecular formula is C20H30N2O2. The van der Waals surface area contributed by atoms with E-state index in [0.29, 0.717) is 13.1 Å². The molecule has 0 heterocycles. The number of amides is 2. The number of hydrogen-bond donors (Lipinski definition) is 1. The van der Waals surface area contributed by atoms with E-state index in [1.54, 1.807) is 11.8 Å². The average molecular weight is 330 g/mol. The predicted octanol–water partition coefficient (Wildman–Crippen LogP) is 3.61. The zero-order valence-electron chi connectivity index (χ0n) is 15.2. The Bertz CT molecular complexity index is 577. The summed E-state index contributed by atoms with van der Waals surface area (Å²) in [4.78, 5) is 26.2. The van der Waals surface area contributed by atoms with Crippen molar-refractivity contribution in [2.24, 2.45) is 5.92 Å². The van der Waals surface area contributed by atoms with Crippen molar-refractivity contribution in [3.05, 3.63) is 29.3 Å². The maximum Gasteiger partial charge on any atom is 0.223 e. The van der Waals surface area contributed by atoms with Crippen LogP contribution in [0.5, 0.6) is 0 Å². The molecule has 1 fully saturated rings. The van der Waals surface area contributed by atoms with Crippen molar-refractivity contribution < 1.29 is 9.59 Å². The fourth-order valence-corrected chi connectivity index (χ4v) is 3.62. The van der Waals surface area contributed by atoms with E-state index >= 15 is 0 Å². The second kappa shape index (κ2) is 8.86. The van der Waals surface area contributed by atoms with Crippen LogP contribution in [0.2, 0.25) is 0 Å². The zero-order valence-corrected chi connectivity index (χ0v) is 15.2. The lowest BCUT2D eigenvalue weighted by Crippen LogP contribution is -2.40. The van der Waals surface area contributed by atoms with Gasteiger partial charge in [0, 0.05) is 31.6 Å². The van der Waals surface area contributed by atoms with Crippen LogP contribution >= 0.6 is 0 Å². The van der Waals surface area contributed by atoms with Crippen molar-refractivity contribution >= 4 is 17.5 Å². The molecule has 2 amide bonds. The molecule has 1 aliphatic carbocycles. The van der Waals surface area contributed by atoms with Crippen LogP contribution in [-0.4, -0.2) is 24.9 Å². The number of hydrogen-bond acceptors (Lipinski definition) is 2. The Balaban J connectivity index is 1.99. The molecule has 0 aliphatic heterocycles. The highest BCUT2D eigenvalue weighted by Gasteiger charge is 2.22. The molecule has 0 spiro atoms. The summed E-state index contributed by atoms with van der Waals surface area (Å²) in [6.07, 6.45) is 6.44.